The van der Waals surface area contributed by atoms with Crippen LogP contribution in [0.1, 0.15) is 31.1 Å². The standard InChI is InChI=1S/C24H21N3O9/c28-18-17(13-33-21(30)14-4-1-7-25-10-14)34-24(36-23(32)16-6-3-9-27-12-16)19(29)20(18)35-22(31)15-5-2-8-26-11-15/h1-12,17-20,24,28-29H,13H2/t17-,18+,19-,20-,24+/m0/s1. The van der Waals surface area contributed by atoms with E-state index in [4.69, 9.17) is 18.9 Å². The average Bonchev–Trinajstić information content (AvgIpc) is 2.93. The summed E-state index contributed by atoms with van der Waals surface area (Å²) in [6, 6.07) is 8.91. The van der Waals surface area contributed by atoms with Gasteiger partial charge in [-0.1, -0.05) is 0 Å². The van der Waals surface area contributed by atoms with Crippen molar-refractivity contribution >= 4 is 17.9 Å². The number of hydrogen-bond acceptors (Lipinski definition) is 12. The Morgan fingerprint density at radius 1 is 0.750 bits per heavy atom. The fourth-order valence-electron chi connectivity index (χ4n) is 3.33. The molecule has 12 nitrogen and oxygen atoms in total. The Labute approximate surface area is 204 Å². The lowest BCUT2D eigenvalue weighted by molar-refractivity contribution is -0.284. The molecular formula is C24H21N3O9. The highest BCUT2D eigenvalue weighted by atomic mass is 16.7. The first kappa shape index (κ1) is 24.9. The van der Waals surface area contributed by atoms with Crippen molar-refractivity contribution < 1.29 is 43.5 Å². The van der Waals surface area contributed by atoms with Crippen LogP contribution in [-0.2, 0) is 18.9 Å². The third kappa shape index (κ3) is 5.86. The van der Waals surface area contributed by atoms with Crippen LogP contribution in [0.3, 0.4) is 0 Å². The summed E-state index contributed by atoms with van der Waals surface area (Å²) in [7, 11) is 0. The van der Waals surface area contributed by atoms with Crippen LogP contribution >= 0.6 is 0 Å². The Kier molecular flexibility index (Phi) is 7.90. The number of ether oxygens (including phenoxy) is 4. The maximum Gasteiger partial charge on any atom is 0.342 e. The number of aromatic nitrogens is 3. The number of aliphatic hydroxyl groups excluding tert-OH is 2. The molecule has 1 saturated heterocycles. The third-order valence-electron chi connectivity index (χ3n) is 5.18. The van der Waals surface area contributed by atoms with Crippen LogP contribution in [0.15, 0.2) is 73.6 Å². The quantitative estimate of drug-likeness (QED) is 0.346. The first-order valence-electron chi connectivity index (χ1n) is 10.7. The zero-order valence-electron chi connectivity index (χ0n) is 18.6. The van der Waals surface area contributed by atoms with Crippen LogP contribution in [0.2, 0.25) is 0 Å². The molecule has 0 bridgehead atoms. The highest BCUT2D eigenvalue weighted by Gasteiger charge is 2.49. The van der Waals surface area contributed by atoms with Crippen molar-refractivity contribution in [2.24, 2.45) is 0 Å². The summed E-state index contributed by atoms with van der Waals surface area (Å²) < 4.78 is 21.3. The molecule has 0 amide bonds. The van der Waals surface area contributed by atoms with Crippen molar-refractivity contribution in [3.63, 3.8) is 0 Å². The predicted molar refractivity (Wildman–Crippen MR) is 118 cm³/mol. The van der Waals surface area contributed by atoms with Gasteiger partial charge < -0.3 is 29.2 Å². The topological polar surface area (TPSA) is 167 Å². The van der Waals surface area contributed by atoms with Crippen LogP contribution in [-0.4, -0.2) is 80.4 Å². The second-order valence-electron chi connectivity index (χ2n) is 7.62. The van der Waals surface area contributed by atoms with Gasteiger partial charge in [0.1, 0.15) is 18.8 Å². The van der Waals surface area contributed by atoms with E-state index in [1.165, 1.54) is 67.5 Å². The minimum atomic E-state index is -1.77. The van der Waals surface area contributed by atoms with Crippen LogP contribution in [0.25, 0.3) is 0 Å². The molecule has 36 heavy (non-hydrogen) atoms. The number of nitrogens with zero attached hydrogens (tertiary/aromatic N) is 3. The molecule has 4 rings (SSSR count). The fraction of sp³-hybridized carbons (Fsp3) is 0.250. The van der Waals surface area contributed by atoms with E-state index < -0.39 is 55.2 Å². The Balaban J connectivity index is 1.51. The summed E-state index contributed by atoms with van der Waals surface area (Å²) in [6.07, 6.45) is 0.169. The smallest absolute Gasteiger partial charge is 0.342 e. The fourth-order valence-corrected chi connectivity index (χ4v) is 3.33. The molecule has 0 unspecified atom stereocenters. The predicted octanol–water partition coefficient (Wildman–Crippen LogP) is 0.558. The number of pyridine rings is 3. The van der Waals surface area contributed by atoms with Crippen molar-refractivity contribution in [1.29, 1.82) is 0 Å². The molecule has 0 saturated carbocycles. The van der Waals surface area contributed by atoms with Crippen molar-refractivity contribution in [3.8, 4) is 0 Å². The Morgan fingerprint density at radius 3 is 1.75 bits per heavy atom. The van der Waals surface area contributed by atoms with E-state index in [1.807, 2.05) is 0 Å². The van der Waals surface area contributed by atoms with Gasteiger partial charge in [-0.25, -0.2) is 14.4 Å². The number of aliphatic hydroxyl groups is 2. The van der Waals surface area contributed by atoms with E-state index in [2.05, 4.69) is 15.0 Å². The van der Waals surface area contributed by atoms with E-state index in [0.29, 0.717) is 0 Å². The molecule has 0 radical (unpaired) electrons. The first-order chi connectivity index (χ1) is 17.4. The van der Waals surface area contributed by atoms with Crippen molar-refractivity contribution in [2.45, 2.75) is 30.7 Å². The van der Waals surface area contributed by atoms with E-state index in [0.717, 1.165) is 0 Å². The van der Waals surface area contributed by atoms with Gasteiger partial charge in [0.05, 0.1) is 16.7 Å². The Hall–Kier alpha value is -4.26. The minimum Gasteiger partial charge on any atom is -0.459 e. The lowest BCUT2D eigenvalue weighted by atomic mass is 9.98. The number of carbonyl (C=O) groups excluding carboxylic acids is 3. The number of carbonyl (C=O) groups is 3. The van der Waals surface area contributed by atoms with Crippen molar-refractivity contribution in [1.82, 2.24) is 15.0 Å². The van der Waals surface area contributed by atoms with E-state index in [-0.39, 0.29) is 16.7 Å². The number of rotatable bonds is 7. The monoisotopic (exact) mass is 495 g/mol. The molecule has 3 aromatic rings. The van der Waals surface area contributed by atoms with Gasteiger partial charge >= 0.3 is 17.9 Å². The zero-order chi connectivity index (χ0) is 25.5. The molecule has 2 N–H and O–H groups in total. The molecule has 4 heterocycles. The second kappa shape index (κ2) is 11.4. The second-order valence-corrected chi connectivity index (χ2v) is 7.62. The molecular weight excluding hydrogens is 474 g/mol. The summed E-state index contributed by atoms with van der Waals surface area (Å²) in [4.78, 5) is 48.9. The first-order valence-corrected chi connectivity index (χ1v) is 10.7. The molecule has 12 heteroatoms. The molecule has 0 aromatic carbocycles. The average molecular weight is 495 g/mol. The van der Waals surface area contributed by atoms with Crippen LogP contribution in [0, 0.1) is 0 Å². The van der Waals surface area contributed by atoms with E-state index in [1.54, 1.807) is 6.07 Å². The molecule has 5 atom stereocenters. The van der Waals surface area contributed by atoms with Gasteiger partial charge in [-0.15, -0.1) is 0 Å². The lowest BCUT2D eigenvalue weighted by Gasteiger charge is -2.41. The zero-order valence-corrected chi connectivity index (χ0v) is 18.6. The van der Waals surface area contributed by atoms with Crippen molar-refractivity contribution in [3.05, 3.63) is 90.3 Å². The molecule has 1 aliphatic heterocycles. The largest absolute Gasteiger partial charge is 0.459 e. The Morgan fingerprint density at radius 2 is 1.25 bits per heavy atom. The number of hydrogen-bond donors (Lipinski definition) is 2. The molecule has 0 aliphatic carbocycles. The summed E-state index contributed by atoms with van der Waals surface area (Å²) in [5.41, 5.74) is 0.289. The highest BCUT2D eigenvalue weighted by molar-refractivity contribution is 5.90. The van der Waals surface area contributed by atoms with Gasteiger partial charge in [0.15, 0.2) is 12.2 Å². The summed E-state index contributed by atoms with van der Waals surface area (Å²) in [5, 5.41) is 21.6. The number of esters is 3. The van der Waals surface area contributed by atoms with Crippen molar-refractivity contribution in [2.75, 3.05) is 6.61 Å². The molecule has 0 spiro atoms. The molecule has 1 fully saturated rings. The summed E-state index contributed by atoms with van der Waals surface area (Å²) in [5.74, 6) is -2.53. The van der Waals surface area contributed by atoms with Gasteiger partial charge in [-0.2, -0.15) is 0 Å². The minimum absolute atomic E-state index is 0.0619. The van der Waals surface area contributed by atoms with Gasteiger partial charge in [-0.3, -0.25) is 15.0 Å². The van der Waals surface area contributed by atoms with Gasteiger partial charge in [0.25, 0.3) is 0 Å². The van der Waals surface area contributed by atoms with Gasteiger partial charge in [0.2, 0.25) is 6.29 Å². The van der Waals surface area contributed by atoms with E-state index >= 15 is 0 Å². The lowest BCUT2D eigenvalue weighted by Crippen LogP contribution is -2.61. The van der Waals surface area contributed by atoms with E-state index in [9.17, 15) is 24.6 Å². The third-order valence-corrected chi connectivity index (χ3v) is 5.18. The molecule has 3 aromatic heterocycles. The van der Waals surface area contributed by atoms with Gasteiger partial charge in [-0.05, 0) is 36.4 Å². The molecule has 1 aliphatic rings. The highest BCUT2D eigenvalue weighted by Crippen LogP contribution is 2.26. The van der Waals surface area contributed by atoms with Crippen LogP contribution < -0.4 is 0 Å². The summed E-state index contributed by atoms with van der Waals surface area (Å²) >= 11 is 0. The maximum absolute atomic E-state index is 12.6. The molecule has 186 valence electrons. The Bertz CT molecular complexity index is 1180. The maximum atomic E-state index is 12.6. The van der Waals surface area contributed by atoms with Gasteiger partial charge in [0, 0.05) is 37.2 Å². The summed E-state index contributed by atoms with van der Waals surface area (Å²) in [6.45, 7) is -0.510. The van der Waals surface area contributed by atoms with Crippen LogP contribution in [0.5, 0.6) is 0 Å². The normalized spacial score (nSPS) is 23.3. The SMILES string of the molecule is O=C(OC[C@@H]1O[C@H](OC(=O)c2cccnc2)[C@@H](O)[C@@H](OC(=O)c2cccnc2)[C@@H]1O)c1cccnc1. The van der Waals surface area contributed by atoms with Crippen LogP contribution in [0.4, 0.5) is 0 Å².